The molecule has 0 unspecified atom stereocenters. The molecule has 0 saturated carbocycles. The van der Waals surface area contributed by atoms with Gasteiger partial charge in [-0.15, -0.1) is 0 Å². The molecular formula is C21H21O3+. The molecule has 0 saturated heterocycles. The number of ether oxygens (including phenoxy) is 2. The zero-order valence-electron chi connectivity index (χ0n) is 14.2. The molecule has 0 amide bonds. The minimum Gasteiger partial charge on any atom is -0.497 e. The first-order valence-corrected chi connectivity index (χ1v) is 7.90. The Labute approximate surface area is 142 Å². The summed E-state index contributed by atoms with van der Waals surface area (Å²) < 4.78 is 17.0. The fourth-order valence-corrected chi connectivity index (χ4v) is 2.48. The number of carbonyl (C=O) groups excluding carboxylic acids is 1. The summed E-state index contributed by atoms with van der Waals surface area (Å²) >= 11 is 0. The van der Waals surface area contributed by atoms with Gasteiger partial charge in [0.1, 0.15) is 11.5 Å². The van der Waals surface area contributed by atoms with E-state index in [0.717, 1.165) is 28.4 Å². The van der Waals surface area contributed by atoms with Crippen molar-refractivity contribution < 1.29 is 13.9 Å². The minimum absolute atomic E-state index is 0.709. The van der Waals surface area contributed by atoms with Gasteiger partial charge in [-0.2, -0.15) is 0 Å². The van der Waals surface area contributed by atoms with E-state index in [0.29, 0.717) is 0 Å². The number of methoxy groups -OCH3 is 1. The summed E-state index contributed by atoms with van der Waals surface area (Å²) in [4.78, 5) is 0. The van der Waals surface area contributed by atoms with Gasteiger partial charge in [0.05, 0.1) is 32.6 Å². The van der Waals surface area contributed by atoms with Crippen molar-refractivity contribution in [2.24, 2.45) is 0 Å². The lowest BCUT2D eigenvalue weighted by Crippen LogP contribution is -2.27. The van der Waals surface area contributed by atoms with E-state index in [9.17, 15) is 0 Å². The molecular weight excluding hydrogens is 300 g/mol. The summed E-state index contributed by atoms with van der Waals surface area (Å²) in [6.07, 6.45) is 5.88. The van der Waals surface area contributed by atoms with Gasteiger partial charge in [-0.05, 0) is 35.9 Å². The number of ketones is 1. The SMILES string of the molecule is COc1ccc(C=CC2=CC(c3ccccc3)=[O+]C(C)(C)O2)cc1. The molecule has 24 heavy (non-hydrogen) atoms. The Bertz CT molecular complexity index is 782. The van der Waals surface area contributed by atoms with E-state index in [1.165, 1.54) is 0 Å². The summed E-state index contributed by atoms with van der Waals surface area (Å²) in [5.74, 6) is 1.70. The number of hydrogen-bond acceptors (Lipinski definition) is 2. The number of hydrogen-bond donors (Lipinski definition) is 0. The van der Waals surface area contributed by atoms with Crippen LogP contribution < -0.4 is 4.74 Å². The van der Waals surface area contributed by atoms with Crippen molar-refractivity contribution in [2.75, 3.05) is 7.11 Å². The van der Waals surface area contributed by atoms with Gasteiger partial charge < -0.3 is 9.47 Å². The molecule has 3 heteroatoms. The molecule has 0 aromatic heterocycles. The summed E-state index contributed by atoms with van der Waals surface area (Å²) in [6.45, 7) is 3.81. The van der Waals surface area contributed by atoms with Gasteiger partial charge in [0.2, 0.25) is 0 Å². The minimum atomic E-state index is -0.709. The van der Waals surface area contributed by atoms with Gasteiger partial charge >= 0.3 is 11.6 Å². The van der Waals surface area contributed by atoms with Crippen molar-refractivity contribution in [3.63, 3.8) is 0 Å². The third kappa shape index (κ3) is 3.93. The van der Waals surface area contributed by atoms with Crippen LogP contribution in [0.15, 0.2) is 72.5 Å². The van der Waals surface area contributed by atoms with Crippen LogP contribution >= 0.6 is 0 Å². The maximum atomic E-state index is 5.94. The molecule has 0 aliphatic carbocycles. The van der Waals surface area contributed by atoms with Gasteiger partial charge in [0, 0.05) is 0 Å². The molecule has 0 radical (unpaired) electrons. The topological polar surface area (TPSA) is 29.8 Å². The van der Waals surface area contributed by atoms with E-state index in [1.807, 2.05) is 86.7 Å². The van der Waals surface area contributed by atoms with Crippen LogP contribution in [0.5, 0.6) is 5.75 Å². The molecule has 2 aromatic rings. The predicted molar refractivity (Wildman–Crippen MR) is 96.0 cm³/mol. The van der Waals surface area contributed by atoms with Crippen LogP contribution in [0.4, 0.5) is 0 Å². The molecule has 0 bridgehead atoms. The quantitative estimate of drug-likeness (QED) is 0.759. The Balaban J connectivity index is 1.85. The first kappa shape index (κ1) is 16.1. The van der Waals surface area contributed by atoms with Gasteiger partial charge in [-0.3, -0.25) is 0 Å². The highest BCUT2D eigenvalue weighted by molar-refractivity contribution is 6.05. The van der Waals surface area contributed by atoms with Crippen LogP contribution in [0.3, 0.4) is 0 Å². The normalized spacial score (nSPS) is 16.3. The smallest absolute Gasteiger partial charge is 0.424 e. The van der Waals surface area contributed by atoms with Crippen molar-refractivity contribution in [2.45, 2.75) is 19.6 Å². The monoisotopic (exact) mass is 321 g/mol. The Morgan fingerprint density at radius 3 is 2.33 bits per heavy atom. The lowest BCUT2D eigenvalue weighted by molar-refractivity contribution is -0.462. The molecule has 0 fully saturated rings. The fraction of sp³-hybridized carbons (Fsp3) is 0.190. The van der Waals surface area contributed by atoms with E-state index >= 15 is 0 Å². The van der Waals surface area contributed by atoms with Crippen molar-refractivity contribution in [3.05, 3.63) is 83.6 Å². The van der Waals surface area contributed by atoms with Crippen LogP contribution in [0.25, 0.3) is 6.08 Å². The molecule has 1 heterocycles. The van der Waals surface area contributed by atoms with Gasteiger partial charge in [0.25, 0.3) is 0 Å². The van der Waals surface area contributed by atoms with Gasteiger partial charge in [-0.1, -0.05) is 36.4 Å². The first-order chi connectivity index (χ1) is 11.6. The number of rotatable bonds is 4. The average molecular weight is 321 g/mol. The lowest BCUT2D eigenvalue weighted by Gasteiger charge is -2.17. The van der Waals surface area contributed by atoms with E-state index < -0.39 is 5.79 Å². The fourth-order valence-electron chi connectivity index (χ4n) is 2.48. The number of allylic oxidation sites excluding steroid dienone is 2. The second-order valence-corrected chi connectivity index (χ2v) is 5.99. The second-order valence-electron chi connectivity index (χ2n) is 5.99. The Morgan fingerprint density at radius 1 is 0.958 bits per heavy atom. The largest absolute Gasteiger partial charge is 0.497 e. The van der Waals surface area contributed by atoms with Crippen molar-refractivity contribution in [1.82, 2.24) is 0 Å². The molecule has 3 rings (SSSR count). The van der Waals surface area contributed by atoms with E-state index in [2.05, 4.69) is 0 Å². The molecule has 1 aliphatic rings. The second kappa shape index (κ2) is 6.75. The van der Waals surface area contributed by atoms with E-state index in [1.54, 1.807) is 7.11 Å². The summed E-state index contributed by atoms with van der Waals surface area (Å²) in [5.41, 5.74) is 2.11. The molecule has 1 aliphatic heterocycles. The Hall–Kier alpha value is -2.81. The average Bonchev–Trinajstić information content (AvgIpc) is 2.60. The van der Waals surface area contributed by atoms with Crippen LogP contribution in [0.1, 0.15) is 29.4 Å². The first-order valence-electron chi connectivity index (χ1n) is 7.90. The van der Waals surface area contributed by atoms with Crippen LogP contribution in [-0.2, 0) is 4.74 Å². The Morgan fingerprint density at radius 2 is 1.67 bits per heavy atom. The standard InChI is InChI=1S/C21H21O3/c1-21(2)23-19(14-11-16-9-12-18(22-3)13-10-16)15-20(24-21)17-7-5-4-6-8-17/h4-15H,1-3H3/q+1. The zero-order chi connectivity index (χ0) is 17.0. The summed E-state index contributed by atoms with van der Waals surface area (Å²) in [6, 6.07) is 17.9. The van der Waals surface area contributed by atoms with Crippen molar-refractivity contribution in [3.8, 4) is 5.75 Å². The van der Waals surface area contributed by atoms with Crippen LogP contribution in [0.2, 0.25) is 0 Å². The third-order valence-electron chi connectivity index (χ3n) is 3.61. The molecule has 0 atom stereocenters. The van der Waals surface area contributed by atoms with Crippen LogP contribution in [-0.4, -0.2) is 18.7 Å². The van der Waals surface area contributed by atoms with Gasteiger partial charge in [0.15, 0.2) is 0 Å². The highest BCUT2D eigenvalue weighted by Crippen LogP contribution is 2.24. The maximum absolute atomic E-state index is 5.94. The molecule has 0 spiro atoms. The third-order valence-corrected chi connectivity index (χ3v) is 3.61. The van der Waals surface area contributed by atoms with Crippen LogP contribution in [0, 0.1) is 0 Å². The number of benzene rings is 2. The maximum Gasteiger partial charge on any atom is 0.424 e. The molecule has 0 N–H and O–H groups in total. The Kier molecular flexibility index (Phi) is 4.52. The van der Waals surface area contributed by atoms with Gasteiger partial charge in [-0.25, -0.2) is 4.42 Å². The summed E-state index contributed by atoms with van der Waals surface area (Å²) in [5, 5.41) is 0. The van der Waals surface area contributed by atoms with Crippen molar-refractivity contribution >= 4 is 11.9 Å². The highest BCUT2D eigenvalue weighted by atomic mass is 16.7. The highest BCUT2D eigenvalue weighted by Gasteiger charge is 2.37. The lowest BCUT2D eigenvalue weighted by atomic mass is 10.1. The molecule has 122 valence electrons. The predicted octanol–water partition coefficient (Wildman–Crippen LogP) is 4.78. The van der Waals surface area contributed by atoms with E-state index in [4.69, 9.17) is 13.9 Å². The van der Waals surface area contributed by atoms with Crippen molar-refractivity contribution in [1.29, 1.82) is 0 Å². The van der Waals surface area contributed by atoms with E-state index in [-0.39, 0.29) is 0 Å². The summed E-state index contributed by atoms with van der Waals surface area (Å²) in [7, 11) is 1.66. The zero-order valence-corrected chi connectivity index (χ0v) is 14.2. The molecule has 2 aromatic carbocycles. The molecule has 3 nitrogen and oxygen atoms in total.